The quantitative estimate of drug-likeness (QED) is 0.821. The van der Waals surface area contributed by atoms with Crippen LogP contribution in [0.15, 0.2) is 22.9 Å². The Labute approximate surface area is 123 Å². The molecule has 2 heterocycles. The molecule has 0 bridgehead atoms. The van der Waals surface area contributed by atoms with E-state index in [2.05, 4.69) is 35.1 Å². The third-order valence-electron chi connectivity index (χ3n) is 3.77. The van der Waals surface area contributed by atoms with Crippen molar-refractivity contribution in [2.45, 2.75) is 45.1 Å². The van der Waals surface area contributed by atoms with E-state index in [9.17, 15) is 0 Å². The lowest BCUT2D eigenvalue weighted by Crippen LogP contribution is -2.23. The van der Waals surface area contributed by atoms with E-state index in [1.165, 1.54) is 31.2 Å². The molecule has 0 spiro atoms. The van der Waals surface area contributed by atoms with Gasteiger partial charge in [0.1, 0.15) is 0 Å². The lowest BCUT2D eigenvalue weighted by Gasteiger charge is -2.16. The van der Waals surface area contributed by atoms with Crippen LogP contribution in [0.2, 0.25) is 0 Å². The summed E-state index contributed by atoms with van der Waals surface area (Å²) >= 11 is 3.84. The molecule has 0 amide bonds. The summed E-state index contributed by atoms with van der Waals surface area (Å²) in [6, 6.07) is 5.23. The highest BCUT2D eigenvalue weighted by Crippen LogP contribution is 2.35. The minimum absolute atomic E-state index is 0.505. The topological polar surface area (TPSA) is 12.0 Å². The Balaban J connectivity index is 1.77. The maximum atomic E-state index is 3.73. The van der Waals surface area contributed by atoms with Gasteiger partial charge in [-0.25, -0.2) is 0 Å². The molecule has 0 fully saturated rings. The Hall–Kier alpha value is -0.640. The van der Waals surface area contributed by atoms with E-state index in [1.54, 1.807) is 26.7 Å². The standard InChI is InChI=1S/C16H21NS2/c1-2-7-17-14(9-12-6-8-18-11-12)16-10-13-4-3-5-15(13)19-16/h6,8,10-11,14,17H,2-5,7,9H2,1H3. The maximum Gasteiger partial charge on any atom is 0.0456 e. The fraction of sp³-hybridized carbons (Fsp3) is 0.500. The van der Waals surface area contributed by atoms with Crippen molar-refractivity contribution in [2.24, 2.45) is 0 Å². The molecule has 0 radical (unpaired) electrons. The summed E-state index contributed by atoms with van der Waals surface area (Å²) in [6.07, 6.45) is 6.29. The van der Waals surface area contributed by atoms with Crippen molar-refractivity contribution in [2.75, 3.05) is 6.54 Å². The second kappa shape index (κ2) is 6.21. The summed E-state index contributed by atoms with van der Waals surface area (Å²) < 4.78 is 0. The first-order valence-electron chi connectivity index (χ1n) is 7.22. The zero-order valence-corrected chi connectivity index (χ0v) is 13.1. The average Bonchev–Trinajstić information content (AvgIpc) is 3.09. The molecular weight excluding hydrogens is 270 g/mol. The smallest absolute Gasteiger partial charge is 0.0456 e. The Morgan fingerprint density at radius 1 is 1.37 bits per heavy atom. The molecule has 1 unspecified atom stereocenters. The van der Waals surface area contributed by atoms with Gasteiger partial charge in [0.15, 0.2) is 0 Å². The fourth-order valence-electron chi connectivity index (χ4n) is 2.76. The van der Waals surface area contributed by atoms with E-state index in [0.29, 0.717) is 6.04 Å². The van der Waals surface area contributed by atoms with Crippen molar-refractivity contribution in [3.05, 3.63) is 43.8 Å². The van der Waals surface area contributed by atoms with Crippen LogP contribution in [0, 0.1) is 0 Å². The number of rotatable bonds is 6. The molecule has 3 heteroatoms. The monoisotopic (exact) mass is 291 g/mol. The van der Waals surface area contributed by atoms with Crippen LogP contribution in [0.5, 0.6) is 0 Å². The number of nitrogens with one attached hydrogen (secondary N) is 1. The van der Waals surface area contributed by atoms with E-state index in [4.69, 9.17) is 0 Å². The van der Waals surface area contributed by atoms with Crippen molar-refractivity contribution in [3.63, 3.8) is 0 Å². The van der Waals surface area contributed by atoms with Gasteiger partial charge in [0, 0.05) is 15.8 Å². The van der Waals surface area contributed by atoms with Crippen LogP contribution in [0.25, 0.3) is 0 Å². The predicted molar refractivity (Wildman–Crippen MR) is 85.4 cm³/mol. The van der Waals surface area contributed by atoms with Crippen LogP contribution < -0.4 is 5.32 Å². The predicted octanol–water partition coefficient (Wildman–Crippen LogP) is 4.58. The summed E-state index contributed by atoms with van der Waals surface area (Å²) in [5, 5.41) is 8.19. The summed E-state index contributed by atoms with van der Waals surface area (Å²) in [4.78, 5) is 3.19. The van der Waals surface area contributed by atoms with Gasteiger partial charge in [-0.05, 0) is 72.7 Å². The molecule has 1 aliphatic carbocycles. The summed E-state index contributed by atoms with van der Waals surface area (Å²) in [5.41, 5.74) is 3.08. The second-order valence-corrected chi connectivity index (χ2v) is 7.24. The molecule has 0 aliphatic heterocycles. The van der Waals surface area contributed by atoms with Crippen molar-refractivity contribution in [1.29, 1.82) is 0 Å². The van der Waals surface area contributed by atoms with E-state index in [0.717, 1.165) is 13.0 Å². The van der Waals surface area contributed by atoms with Gasteiger partial charge in [0.2, 0.25) is 0 Å². The van der Waals surface area contributed by atoms with Gasteiger partial charge in [-0.3, -0.25) is 0 Å². The van der Waals surface area contributed by atoms with Gasteiger partial charge in [0.05, 0.1) is 0 Å². The number of aryl methyl sites for hydroxylation is 2. The normalized spacial score (nSPS) is 15.6. The van der Waals surface area contributed by atoms with Gasteiger partial charge >= 0.3 is 0 Å². The Bertz CT molecular complexity index is 491. The highest BCUT2D eigenvalue weighted by molar-refractivity contribution is 7.12. The Kier molecular flexibility index (Phi) is 4.36. The third kappa shape index (κ3) is 3.10. The first kappa shape index (κ1) is 13.3. The fourth-order valence-corrected chi connectivity index (χ4v) is 4.77. The van der Waals surface area contributed by atoms with Crippen LogP contribution in [-0.4, -0.2) is 6.54 Å². The third-order valence-corrected chi connectivity index (χ3v) is 5.85. The lowest BCUT2D eigenvalue weighted by atomic mass is 10.1. The molecule has 2 aromatic heterocycles. The zero-order valence-electron chi connectivity index (χ0n) is 11.4. The second-order valence-electron chi connectivity index (χ2n) is 5.29. The molecule has 1 atom stereocenters. The van der Waals surface area contributed by atoms with E-state index in [1.807, 2.05) is 11.3 Å². The molecule has 0 saturated carbocycles. The highest BCUT2D eigenvalue weighted by Gasteiger charge is 2.20. The Morgan fingerprint density at radius 3 is 3.05 bits per heavy atom. The van der Waals surface area contributed by atoms with Crippen molar-refractivity contribution in [3.8, 4) is 0 Å². The summed E-state index contributed by atoms with van der Waals surface area (Å²) in [6.45, 7) is 3.35. The zero-order chi connectivity index (χ0) is 13.1. The molecule has 102 valence electrons. The lowest BCUT2D eigenvalue weighted by molar-refractivity contribution is 0.537. The average molecular weight is 291 g/mol. The molecular formula is C16H21NS2. The van der Waals surface area contributed by atoms with E-state index in [-0.39, 0.29) is 0 Å². The molecule has 1 nitrogen and oxygen atoms in total. The Morgan fingerprint density at radius 2 is 2.32 bits per heavy atom. The molecule has 2 aromatic rings. The van der Waals surface area contributed by atoms with Gasteiger partial charge in [-0.15, -0.1) is 11.3 Å². The molecule has 19 heavy (non-hydrogen) atoms. The van der Waals surface area contributed by atoms with Gasteiger partial charge < -0.3 is 5.32 Å². The van der Waals surface area contributed by atoms with Gasteiger partial charge in [0.25, 0.3) is 0 Å². The number of hydrogen-bond donors (Lipinski definition) is 1. The van der Waals surface area contributed by atoms with Gasteiger partial charge in [-0.1, -0.05) is 6.92 Å². The number of fused-ring (bicyclic) bond motifs is 1. The summed E-state index contributed by atoms with van der Waals surface area (Å²) in [5.74, 6) is 0. The van der Waals surface area contributed by atoms with Crippen LogP contribution in [0.3, 0.4) is 0 Å². The van der Waals surface area contributed by atoms with Crippen LogP contribution in [0.1, 0.15) is 46.7 Å². The number of hydrogen-bond acceptors (Lipinski definition) is 3. The van der Waals surface area contributed by atoms with Crippen molar-refractivity contribution in [1.82, 2.24) is 5.32 Å². The minimum Gasteiger partial charge on any atom is -0.309 e. The van der Waals surface area contributed by atoms with Crippen molar-refractivity contribution >= 4 is 22.7 Å². The first-order chi connectivity index (χ1) is 9.36. The molecule has 3 rings (SSSR count). The summed E-state index contributed by atoms with van der Waals surface area (Å²) in [7, 11) is 0. The minimum atomic E-state index is 0.505. The van der Waals surface area contributed by atoms with Crippen LogP contribution >= 0.6 is 22.7 Å². The maximum absolute atomic E-state index is 3.73. The van der Waals surface area contributed by atoms with Crippen molar-refractivity contribution < 1.29 is 0 Å². The SMILES string of the molecule is CCCNC(Cc1ccsc1)c1cc2c(s1)CCC2. The largest absolute Gasteiger partial charge is 0.309 e. The highest BCUT2D eigenvalue weighted by atomic mass is 32.1. The van der Waals surface area contributed by atoms with Crippen LogP contribution in [-0.2, 0) is 19.3 Å². The van der Waals surface area contributed by atoms with E-state index < -0.39 is 0 Å². The van der Waals surface area contributed by atoms with Gasteiger partial charge in [-0.2, -0.15) is 11.3 Å². The number of thiophene rings is 2. The molecule has 0 saturated heterocycles. The van der Waals surface area contributed by atoms with E-state index >= 15 is 0 Å². The molecule has 0 aromatic carbocycles. The molecule has 1 N–H and O–H groups in total. The molecule has 1 aliphatic rings. The van der Waals surface area contributed by atoms with Crippen LogP contribution in [0.4, 0.5) is 0 Å². The first-order valence-corrected chi connectivity index (χ1v) is 8.98.